The van der Waals surface area contributed by atoms with Gasteiger partial charge >= 0.3 is 0 Å². The monoisotopic (exact) mass is 379 g/mol. The number of aryl methyl sites for hydroxylation is 2. The fourth-order valence-electron chi connectivity index (χ4n) is 2.74. The highest BCUT2D eigenvalue weighted by molar-refractivity contribution is 7.98. The molecule has 0 unspecified atom stereocenters. The number of thioether (sulfide) groups is 1. The molecule has 2 aromatic heterocycles. The summed E-state index contributed by atoms with van der Waals surface area (Å²) in [5, 5.41) is 4.41. The zero-order chi connectivity index (χ0) is 18.1. The summed E-state index contributed by atoms with van der Waals surface area (Å²) in [7, 11) is 0. The molecule has 0 radical (unpaired) electrons. The molecule has 6 heteroatoms. The van der Waals surface area contributed by atoms with E-state index < -0.39 is 0 Å². The Balaban J connectivity index is 1.84. The van der Waals surface area contributed by atoms with Gasteiger partial charge in [0.15, 0.2) is 5.16 Å². The third-order valence-corrected chi connectivity index (χ3v) is 5.85. The SMILES string of the molecule is Cc1ccc(-n2c(SCc3csc(C)n3)nc3ccccc3c2=O)cc1. The third-order valence-electron chi connectivity index (χ3n) is 4.05. The summed E-state index contributed by atoms with van der Waals surface area (Å²) in [6.45, 7) is 4.03. The number of fused-ring (bicyclic) bond motifs is 1. The molecule has 0 bridgehead atoms. The minimum Gasteiger partial charge on any atom is -0.268 e. The second-order valence-corrected chi connectivity index (χ2v) is 8.04. The fraction of sp³-hybridized carbons (Fsp3) is 0.150. The first-order chi connectivity index (χ1) is 12.6. The van der Waals surface area contributed by atoms with E-state index in [-0.39, 0.29) is 5.56 Å². The van der Waals surface area contributed by atoms with E-state index in [0.717, 1.165) is 27.5 Å². The molecule has 0 spiro atoms. The molecule has 0 amide bonds. The van der Waals surface area contributed by atoms with Crippen LogP contribution in [0.2, 0.25) is 0 Å². The summed E-state index contributed by atoms with van der Waals surface area (Å²) < 4.78 is 1.70. The standard InChI is InChI=1S/C20H17N3OS2/c1-13-7-9-16(10-8-13)23-19(24)17-5-3-4-6-18(17)22-20(23)26-12-15-11-25-14(2)21-15/h3-11H,12H2,1-2H3. The van der Waals surface area contributed by atoms with Gasteiger partial charge in [-0.15, -0.1) is 11.3 Å². The van der Waals surface area contributed by atoms with Crippen LogP contribution in [0.15, 0.2) is 63.9 Å². The molecule has 2 aromatic carbocycles. The Morgan fingerprint density at radius 1 is 1.04 bits per heavy atom. The second kappa shape index (κ2) is 7.05. The zero-order valence-electron chi connectivity index (χ0n) is 14.5. The summed E-state index contributed by atoms with van der Waals surface area (Å²) in [5.41, 5.74) is 3.67. The van der Waals surface area contributed by atoms with E-state index in [0.29, 0.717) is 16.3 Å². The van der Waals surface area contributed by atoms with Gasteiger partial charge in [0.25, 0.3) is 5.56 Å². The van der Waals surface area contributed by atoms with Crippen molar-refractivity contribution in [1.29, 1.82) is 0 Å². The lowest BCUT2D eigenvalue weighted by molar-refractivity contribution is 0.819. The van der Waals surface area contributed by atoms with Crippen molar-refractivity contribution in [1.82, 2.24) is 14.5 Å². The van der Waals surface area contributed by atoms with Crippen molar-refractivity contribution in [3.8, 4) is 5.69 Å². The van der Waals surface area contributed by atoms with E-state index >= 15 is 0 Å². The molecule has 0 fully saturated rings. The number of benzene rings is 2. The third kappa shape index (κ3) is 3.30. The molecular weight excluding hydrogens is 362 g/mol. The fourth-order valence-corrected chi connectivity index (χ4v) is 4.37. The predicted octanol–water partition coefficient (Wildman–Crippen LogP) is 4.75. The van der Waals surface area contributed by atoms with Crippen molar-refractivity contribution in [2.75, 3.05) is 0 Å². The summed E-state index contributed by atoms with van der Waals surface area (Å²) >= 11 is 3.17. The highest BCUT2D eigenvalue weighted by Crippen LogP contribution is 2.25. The molecule has 0 N–H and O–H groups in total. The van der Waals surface area contributed by atoms with Crippen LogP contribution in [0.3, 0.4) is 0 Å². The molecule has 0 atom stereocenters. The predicted molar refractivity (Wildman–Crippen MR) is 108 cm³/mol. The van der Waals surface area contributed by atoms with Gasteiger partial charge in [-0.05, 0) is 38.1 Å². The van der Waals surface area contributed by atoms with E-state index in [1.165, 1.54) is 11.8 Å². The number of hydrogen-bond donors (Lipinski definition) is 0. The Morgan fingerprint density at radius 2 is 1.81 bits per heavy atom. The van der Waals surface area contributed by atoms with E-state index in [4.69, 9.17) is 4.98 Å². The Kier molecular flexibility index (Phi) is 4.61. The van der Waals surface area contributed by atoms with Gasteiger partial charge in [-0.25, -0.2) is 9.97 Å². The first-order valence-corrected chi connectivity index (χ1v) is 10.1. The van der Waals surface area contributed by atoms with Gasteiger partial charge in [0.1, 0.15) is 0 Å². The first-order valence-electron chi connectivity index (χ1n) is 8.24. The number of rotatable bonds is 4. The maximum Gasteiger partial charge on any atom is 0.266 e. The molecule has 4 nitrogen and oxygen atoms in total. The lowest BCUT2D eigenvalue weighted by Crippen LogP contribution is -2.21. The van der Waals surface area contributed by atoms with E-state index in [1.807, 2.05) is 62.4 Å². The molecule has 4 aromatic rings. The number of thiazole rings is 1. The summed E-state index contributed by atoms with van der Waals surface area (Å²) in [5.74, 6) is 0.682. The normalized spacial score (nSPS) is 11.2. The lowest BCUT2D eigenvalue weighted by Gasteiger charge is -2.13. The van der Waals surface area contributed by atoms with E-state index in [2.05, 4.69) is 10.4 Å². The van der Waals surface area contributed by atoms with Gasteiger partial charge in [0, 0.05) is 11.1 Å². The van der Waals surface area contributed by atoms with Crippen molar-refractivity contribution >= 4 is 34.0 Å². The number of nitrogens with zero attached hydrogens (tertiary/aromatic N) is 3. The Labute approximate surface area is 159 Å². The molecule has 0 aliphatic carbocycles. The van der Waals surface area contributed by atoms with Crippen LogP contribution >= 0.6 is 23.1 Å². The Bertz CT molecular complexity index is 1130. The molecule has 2 heterocycles. The van der Waals surface area contributed by atoms with Gasteiger partial charge in [-0.2, -0.15) is 0 Å². The maximum absolute atomic E-state index is 13.1. The highest BCUT2D eigenvalue weighted by atomic mass is 32.2. The van der Waals surface area contributed by atoms with Crippen molar-refractivity contribution in [3.63, 3.8) is 0 Å². The molecule has 0 aliphatic rings. The molecule has 130 valence electrons. The summed E-state index contributed by atoms with van der Waals surface area (Å²) in [4.78, 5) is 22.4. The summed E-state index contributed by atoms with van der Waals surface area (Å²) in [6.07, 6.45) is 0. The van der Waals surface area contributed by atoms with Crippen LogP contribution < -0.4 is 5.56 Å². The molecule has 26 heavy (non-hydrogen) atoms. The zero-order valence-corrected chi connectivity index (χ0v) is 16.1. The van der Waals surface area contributed by atoms with Crippen LogP contribution in [0.25, 0.3) is 16.6 Å². The average Bonchev–Trinajstić information content (AvgIpc) is 3.07. The quantitative estimate of drug-likeness (QED) is 0.379. The van der Waals surface area contributed by atoms with Crippen molar-refractivity contribution in [2.45, 2.75) is 24.8 Å². The molecular formula is C20H17N3OS2. The molecule has 0 aliphatic heterocycles. The van der Waals surface area contributed by atoms with Crippen LogP contribution in [0.4, 0.5) is 0 Å². The number of para-hydroxylation sites is 1. The van der Waals surface area contributed by atoms with Crippen LogP contribution in [-0.2, 0) is 5.75 Å². The number of hydrogen-bond acceptors (Lipinski definition) is 5. The Hall–Kier alpha value is -2.44. The maximum atomic E-state index is 13.1. The van der Waals surface area contributed by atoms with E-state index in [1.54, 1.807) is 15.9 Å². The minimum absolute atomic E-state index is 0.0450. The van der Waals surface area contributed by atoms with Crippen LogP contribution in [0.5, 0.6) is 0 Å². The summed E-state index contributed by atoms with van der Waals surface area (Å²) in [6, 6.07) is 15.4. The largest absolute Gasteiger partial charge is 0.268 e. The lowest BCUT2D eigenvalue weighted by atomic mass is 10.2. The molecule has 4 rings (SSSR count). The van der Waals surface area contributed by atoms with E-state index in [9.17, 15) is 4.79 Å². The van der Waals surface area contributed by atoms with Crippen LogP contribution in [0, 0.1) is 13.8 Å². The smallest absolute Gasteiger partial charge is 0.266 e. The Morgan fingerprint density at radius 3 is 2.54 bits per heavy atom. The average molecular weight is 380 g/mol. The van der Waals surface area contributed by atoms with Crippen LogP contribution in [0.1, 0.15) is 16.3 Å². The number of aromatic nitrogens is 3. The van der Waals surface area contributed by atoms with Gasteiger partial charge in [0.05, 0.1) is 27.3 Å². The minimum atomic E-state index is -0.0450. The van der Waals surface area contributed by atoms with Gasteiger partial charge in [0.2, 0.25) is 0 Å². The van der Waals surface area contributed by atoms with Gasteiger partial charge in [-0.3, -0.25) is 9.36 Å². The highest BCUT2D eigenvalue weighted by Gasteiger charge is 2.14. The molecule has 0 saturated heterocycles. The first kappa shape index (κ1) is 17.0. The van der Waals surface area contributed by atoms with Crippen molar-refractivity contribution < 1.29 is 0 Å². The topological polar surface area (TPSA) is 47.8 Å². The molecule has 0 saturated carbocycles. The van der Waals surface area contributed by atoms with Gasteiger partial charge < -0.3 is 0 Å². The van der Waals surface area contributed by atoms with Crippen molar-refractivity contribution in [3.05, 3.63) is 80.5 Å². The van der Waals surface area contributed by atoms with Crippen LogP contribution in [-0.4, -0.2) is 14.5 Å². The second-order valence-electron chi connectivity index (χ2n) is 6.03. The van der Waals surface area contributed by atoms with Gasteiger partial charge in [-0.1, -0.05) is 41.6 Å². The van der Waals surface area contributed by atoms with Crippen molar-refractivity contribution in [2.24, 2.45) is 0 Å².